The first-order valence-corrected chi connectivity index (χ1v) is 9.58. The molecule has 5 nitrogen and oxygen atoms in total. The molecule has 1 aliphatic heterocycles. The van der Waals surface area contributed by atoms with E-state index in [2.05, 4.69) is 51.4 Å². The third-order valence-electron chi connectivity index (χ3n) is 5.05. The standard InChI is InChI=1S/C23H24N4O/c1-15-7-6-8-18(11-15)14-24-23(28)20-13-22(26-17(3)25-20)27-16(2)12-19-9-4-5-10-21(19)27/h4-11,13,16H,12,14H2,1-3H3,(H,24,28). The fourth-order valence-corrected chi connectivity index (χ4v) is 3.80. The molecule has 0 radical (unpaired) electrons. The normalized spacial score (nSPS) is 15.4. The van der Waals surface area contributed by atoms with Gasteiger partial charge < -0.3 is 10.2 Å². The molecule has 2 heterocycles. The van der Waals surface area contributed by atoms with Gasteiger partial charge in [0.2, 0.25) is 0 Å². The number of anilines is 2. The summed E-state index contributed by atoms with van der Waals surface area (Å²) in [6, 6.07) is 18.5. The second-order valence-electron chi connectivity index (χ2n) is 7.38. The highest BCUT2D eigenvalue weighted by Gasteiger charge is 2.28. The van der Waals surface area contributed by atoms with Crippen molar-refractivity contribution in [1.82, 2.24) is 15.3 Å². The summed E-state index contributed by atoms with van der Waals surface area (Å²) in [6.07, 6.45) is 0.966. The molecule has 1 aliphatic rings. The van der Waals surface area contributed by atoms with Gasteiger partial charge in [0.1, 0.15) is 17.3 Å². The molecular weight excluding hydrogens is 348 g/mol. The van der Waals surface area contributed by atoms with Crippen molar-refractivity contribution >= 4 is 17.4 Å². The molecule has 1 N–H and O–H groups in total. The fraction of sp³-hybridized carbons (Fsp3) is 0.261. The number of hydrogen-bond acceptors (Lipinski definition) is 4. The van der Waals surface area contributed by atoms with Crippen LogP contribution in [0.2, 0.25) is 0 Å². The lowest BCUT2D eigenvalue weighted by Gasteiger charge is -2.24. The van der Waals surface area contributed by atoms with Crippen LogP contribution in [0, 0.1) is 13.8 Å². The number of nitrogens with one attached hydrogen (secondary N) is 1. The highest BCUT2D eigenvalue weighted by molar-refractivity contribution is 5.93. The molecule has 2 aromatic carbocycles. The van der Waals surface area contributed by atoms with Crippen LogP contribution in [0.1, 0.15) is 39.9 Å². The Hall–Kier alpha value is -3.21. The number of carbonyl (C=O) groups excluding carboxylic acids is 1. The van der Waals surface area contributed by atoms with E-state index in [-0.39, 0.29) is 11.9 Å². The maximum absolute atomic E-state index is 12.7. The van der Waals surface area contributed by atoms with E-state index in [1.54, 1.807) is 6.07 Å². The van der Waals surface area contributed by atoms with Crippen LogP contribution >= 0.6 is 0 Å². The zero-order valence-corrected chi connectivity index (χ0v) is 16.4. The fourth-order valence-electron chi connectivity index (χ4n) is 3.80. The monoisotopic (exact) mass is 372 g/mol. The van der Waals surface area contributed by atoms with Crippen molar-refractivity contribution in [2.45, 2.75) is 39.8 Å². The predicted octanol–water partition coefficient (Wildman–Crippen LogP) is 4.11. The molecule has 0 aliphatic carbocycles. The summed E-state index contributed by atoms with van der Waals surface area (Å²) in [4.78, 5) is 23.9. The molecule has 28 heavy (non-hydrogen) atoms. The van der Waals surface area contributed by atoms with Gasteiger partial charge in [-0.25, -0.2) is 9.97 Å². The van der Waals surface area contributed by atoms with Crippen LogP contribution in [-0.4, -0.2) is 21.9 Å². The molecule has 5 heteroatoms. The Morgan fingerprint density at radius 2 is 1.93 bits per heavy atom. The molecule has 0 bridgehead atoms. The third-order valence-corrected chi connectivity index (χ3v) is 5.05. The van der Waals surface area contributed by atoms with Gasteiger partial charge in [0, 0.05) is 24.3 Å². The maximum atomic E-state index is 12.7. The summed E-state index contributed by atoms with van der Waals surface area (Å²) in [7, 11) is 0. The molecule has 0 fully saturated rings. The van der Waals surface area contributed by atoms with Crippen LogP contribution in [-0.2, 0) is 13.0 Å². The van der Waals surface area contributed by atoms with Crippen molar-refractivity contribution in [2.24, 2.45) is 0 Å². The first kappa shape index (κ1) is 18.2. The van der Waals surface area contributed by atoms with Gasteiger partial charge in [0.15, 0.2) is 0 Å². The Morgan fingerprint density at radius 3 is 2.75 bits per heavy atom. The quantitative estimate of drug-likeness (QED) is 0.749. The summed E-state index contributed by atoms with van der Waals surface area (Å²) in [5.41, 5.74) is 5.10. The molecule has 142 valence electrons. The van der Waals surface area contributed by atoms with Crippen LogP contribution in [0.15, 0.2) is 54.6 Å². The van der Waals surface area contributed by atoms with E-state index in [4.69, 9.17) is 0 Å². The average molecular weight is 372 g/mol. The van der Waals surface area contributed by atoms with E-state index in [0.29, 0.717) is 18.1 Å². The van der Waals surface area contributed by atoms with E-state index < -0.39 is 0 Å². The van der Waals surface area contributed by atoms with Gasteiger partial charge in [0.05, 0.1) is 0 Å². The molecule has 1 unspecified atom stereocenters. The minimum atomic E-state index is -0.187. The number of aryl methyl sites for hydroxylation is 2. The van der Waals surface area contributed by atoms with Gasteiger partial charge in [0.25, 0.3) is 5.91 Å². The van der Waals surface area contributed by atoms with Gasteiger partial charge >= 0.3 is 0 Å². The minimum absolute atomic E-state index is 0.187. The van der Waals surface area contributed by atoms with Crippen molar-refractivity contribution in [2.75, 3.05) is 4.90 Å². The molecule has 0 spiro atoms. The summed E-state index contributed by atoms with van der Waals surface area (Å²) < 4.78 is 0. The molecule has 1 aromatic heterocycles. The Bertz CT molecular complexity index is 1030. The Labute approximate surface area is 165 Å². The number of fused-ring (bicyclic) bond motifs is 1. The number of carbonyl (C=O) groups is 1. The molecule has 1 amide bonds. The summed E-state index contributed by atoms with van der Waals surface area (Å²) in [5, 5.41) is 2.97. The Balaban J connectivity index is 1.58. The second-order valence-corrected chi connectivity index (χ2v) is 7.38. The van der Waals surface area contributed by atoms with Crippen LogP contribution in [0.3, 0.4) is 0 Å². The third kappa shape index (κ3) is 3.60. The highest BCUT2D eigenvalue weighted by atomic mass is 16.1. The van der Waals surface area contributed by atoms with Gasteiger partial charge in [-0.05, 0) is 44.4 Å². The van der Waals surface area contributed by atoms with Gasteiger partial charge in [-0.15, -0.1) is 0 Å². The minimum Gasteiger partial charge on any atom is -0.347 e. The number of nitrogens with zero attached hydrogens (tertiary/aromatic N) is 3. The van der Waals surface area contributed by atoms with Crippen LogP contribution in [0.5, 0.6) is 0 Å². The van der Waals surface area contributed by atoms with E-state index >= 15 is 0 Å². The lowest BCUT2D eigenvalue weighted by atomic mass is 10.1. The van der Waals surface area contributed by atoms with E-state index in [1.807, 2.05) is 38.1 Å². The van der Waals surface area contributed by atoms with Crippen LogP contribution in [0.4, 0.5) is 11.5 Å². The number of rotatable bonds is 4. The Morgan fingerprint density at radius 1 is 1.11 bits per heavy atom. The van der Waals surface area contributed by atoms with E-state index in [1.165, 1.54) is 11.1 Å². The highest BCUT2D eigenvalue weighted by Crippen LogP contribution is 2.37. The average Bonchev–Trinajstić information content (AvgIpc) is 3.01. The van der Waals surface area contributed by atoms with Gasteiger partial charge in [-0.2, -0.15) is 0 Å². The first-order chi connectivity index (χ1) is 13.5. The molecule has 4 rings (SSSR count). The van der Waals surface area contributed by atoms with Gasteiger partial charge in [-0.1, -0.05) is 48.0 Å². The van der Waals surface area contributed by atoms with E-state index in [0.717, 1.165) is 23.5 Å². The van der Waals surface area contributed by atoms with Crippen LogP contribution in [0.25, 0.3) is 0 Å². The largest absolute Gasteiger partial charge is 0.347 e. The van der Waals surface area contributed by atoms with Crippen molar-refractivity contribution in [1.29, 1.82) is 0 Å². The topological polar surface area (TPSA) is 58.1 Å². The number of aromatic nitrogens is 2. The molecule has 1 atom stereocenters. The number of para-hydroxylation sites is 1. The van der Waals surface area contributed by atoms with Crippen molar-refractivity contribution in [3.63, 3.8) is 0 Å². The summed E-state index contributed by atoms with van der Waals surface area (Å²) >= 11 is 0. The maximum Gasteiger partial charge on any atom is 0.270 e. The SMILES string of the molecule is Cc1cccc(CNC(=O)c2cc(N3c4ccccc4CC3C)nc(C)n2)c1. The van der Waals surface area contributed by atoms with E-state index in [9.17, 15) is 4.79 Å². The molecule has 0 saturated carbocycles. The first-order valence-electron chi connectivity index (χ1n) is 9.58. The zero-order chi connectivity index (χ0) is 19.7. The summed E-state index contributed by atoms with van der Waals surface area (Å²) in [5.74, 6) is 1.17. The second kappa shape index (κ2) is 7.43. The predicted molar refractivity (Wildman–Crippen MR) is 111 cm³/mol. The zero-order valence-electron chi connectivity index (χ0n) is 16.4. The van der Waals surface area contributed by atoms with Crippen molar-refractivity contribution in [3.05, 3.63) is 82.8 Å². The number of amides is 1. The number of hydrogen-bond donors (Lipinski definition) is 1. The van der Waals surface area contributed by atoms with Crippen molar-refractivity contribution in [3.8, 4) is 0 Å². The van der Waals surface area contributed by atoms with Crippen molar-refractivity contribution < 1.29 is 4.79 Å². The Kier molecular flexibility index (Phi) is 4.82. The molecule has 0 saturated heterocycles. The lowest BCUT2D eigenvalue weighted by molar-refractivity contribution is 0.0945. The number of benzene rings is 2. The molecular formula is C23H24N4O. The lowest BCUT2D eigenvalue weighted by Crippen LogP contribution is -2.28. The van der Waals surface area contributed by atoms with Crippen LogP contribution < -0.4 is 10.2 Å². The molecule has 3 aromatic rings. The smallest absolute Gasteiger partial charge is 0.270 e. The van der Waals surface area contributed by atoms with Gasteiger partial charge in [-0.3, -0.25) is 4.79 Å². The summed E-state index contributed by atoms with van der Waals surface area (Å²) in [6.45, 7) is 6.52.